The quantitative estimate of drug-likeness (QED) is 0.948. The highest BCUT2D eigenvalue weighted by Gasteiger charge is 2.26. The van der Waals surface area contributed by atoms with Gasteiger partial charge in [0.15, 0.2) is 0 Å². The minimum absolute atomic E-state index is 0.121. The lowest BCUT2D eigenvalue weighted by Crippen LogP contribution is -2.36. The summed E-state index contributed by atoms with van der Waals surface area (Å²) in [6.07, 6.45) is 0. The van der Waals surface area contributed by atoms with Gasteiger partial charge in [0.2, 0.25) is 0 Å². The van der Waals surface area contributed by atoms with Crippen molar-refractivity contribution < 1.29 is 13.2 Å². The lowest BCUT2D eigenvalue weighted by atomic mass is 10.2. The Labute approximate surface area is 124 Å². The molecule has 0 unspecified atom stereocenters. The number of para-hydroxylation sites is 1. The number of nitrogens with one attached hydrogen (secondary N) is 1. The number of hydrogen-bond acceptors (Lipinski definition) is 3. The Kier molecular flexibility index (Phi) is 4.28. The lowest BCUT2D eigenvalue weighted by molar-refractivity contribution is 0.240. The van der Waals surface area contributed by atoms with E-state index in [9.17, 15) is 13.2 Å². The Morgan fingerprint density at radius 2 is 1.57 bits per heavy atom. The first kappa shape index (κ1) is 15.1. The van der Waals surface area contributed by atoms with Gasteiger partial charge in [0.1, 0.15) is 0 Å². The fourth-order valence-corrected chi connectivity index (χ4v) is 3.11. The summed E-state index contributed by atoms with van der Waals surface area (Å²) in [5.41, 5.74) is 1.13. The molecule has 0 aliphatic heterocycles. The predicted molar refractivity (Wildman–Crippen MR) is 81.6 cm³/mol. The van der Waals surface area contributed by atoms with Gasteiger partial charge in [-0.3, -0.25) is 0 Å². The predicted octanol–water partition coefficient (Wildman–Crippen LogP) is 2.85. The number of carbonyl (C=O) groups is 1. The van der Waals surface area contributed by atoms with Gasteiger partial charge < -0.3 is 5.32 Å². The van der Waals surface area contributed by atoms with E-state index in [1.54, 1.807) is 49.4 Å². The maximum atomic E-state index is 12.4. The molecule has 0 aromatic heterocycles. The van der Waals surface area contributed by atoms with Crippen molar-refractivity contribution in [2.75, 3.05) is 12.4 Å². The van der Waals surface area contributed by atoms with Gasteiger partial charge in [-0.25, -0.2) is 17.5 Å². The van der Waals surface area contributed by atoms with Crippen molar-refractivity contribution in [3.8, 4) is 0 Å². The van der Waals surface area contributed by atoms with Crippen molar-refractivity contribution in [1.29, 1.82) is 0 Å². The third-order valence-electron chi connectivity index (χ3n) is 3.04. The minimum Gasteiger partial charge on any atom is -0.307 e. The van der Waals surface area contributed by atoms with Crippen molar-refractivity contribution in [3.63, 3.8) is 0 Å². The van der Waals surface area contributed by atoms with E-state index in [-0.39, 0.29) is 4.90 Å². The monoisotopic (exact) mass is 304 g/mol. The summed E-state index contributed by atoms with van der Waals surface area (Å²) in [4.78, 5) is 12.2. The van der Waals surface area contributed by atoms with Crippen molar-refractivity contribution in [3.05, 3.63) is 60.2 Å². The van der Waals surface area contributed by atoms with Crippen LogP contribution in [0.4, 0.5) is 10.5 Å². The molecule has 5 nitrogen and oxygen atoms in total. The standard InChI is InChI=1S/C15H16N2O3S/c1-12-8-6-7-11-14(12)21(19,20)17(2)15(18)16-13-9-4-3-5-10-13/h3-11H,1-2H3,(H,16,18). The lowest BCUT2D eigenvalue weighted by Gasteiger charge is -2.19. The molecule has 2 amide bonds. The van der Waals surface area contributed by atoms with Crippen LogP contribution in [0.3, 0.4) is 0 Å². The van der Waals surface area contributed by atoms with Crippen LogP contribution < -0.4 is 5.32 Å². The molecule has 0 bridgehead atoms. The van der Waals surface area contributed by atoms with Gasteiger partial charge in [-0.1, -0.05) is 36.4 Å². The van der Waals surface area contributed by atoms with Gasteiger partial charge in [-0.2, -0.15) is 0 Å². The van der Waals surface area contributed by atoms with Crippen LogP contribution in [0.1, 0.15) is 5.56 Å². The zero-order valence-electron chi connectivity index (χ0n) is 11.8. The fourth-order valence-electron chi connectivity index (χ4n) is 1.83. The molecular formula is C15H16N2O3S. The van der Waals surface area contributed by atoms with E-state index in [2.05, 4.69) is 5.32 Å². The molecule has 110 valence electrons. The zero-order chi connectivity index (χ0) is 15.5. The molecule has 0 radical (unpaired) electrons. The summed E-state index contributed by atoms with van der Waals surface area (Å²) in [5, 5.41) is 2.54. The van der Waals surface area contributed by atoms with Gasteiger partial charge in [-0.15, -0.1) is 0 Å². The summed E-state index contributed by atoms with van der Waals surface area (Å²) >= 11 is 0. The van der Waals surface area contributed by atoms with Crippen molar-refractivity contribution in [2.45, 2.75) is 11.8 Å². The van der Waals surface area contributed by atoms with Crippen LogP contribution in [0.5, 0.6) is 0 Å². The third-order valence-corrected chi connectivity index (χ3v) is 4.94. The fraction of sp³-hybridized carbons (Fsp3) is 0.133. The molecule has 0 atom stereocenters. The number of anilines is 1. The van der Waals surface area contributed by atoms with E-state index in [0.717, 1.165) is 0 Å². The topological polar surface area (TPSA) is 66.5 Å². The molecule has 0 saturated heterocycles. The normalized spacial score (nSPS) is 11.0. The molecule has 2 aromatic rings. The average Bonchev–Trinajstić information content (AvgIpc) is 2.47. The second-order valence-corrected chi connectivity index (χ2v) is 6.47. The first-order valence-corrected chi connectivity index (χ1v) is 7.77. The Morgan fingerprint density at radius 3 is 2.19 bits per heavy atom. The third kappa shape index (κ3) is 3.22. The zero-order valence-corrected chi connectivity index (χ0v) is 12.6. The van der Waals surface area contributed by atoms with Crippen LogP contribution in [0.2, 0.25) is 0 Å². The maximum Gasteiger partial charge on any atom is 0.335 e. The second kappa shape index (κ2) is 5.97. The van der Waals surface area contributed by atoms with Gasteiger partial charge in [0.05, 0.1) is 4.90 Å². The molecule has 0 spiro atoms. The first-order chi connectivity index (χ1) is 9.93. The molecule has 6 heteroatoms. The van der Waals surface area contributed by atoms with Gasteiger partial charge in [0.25, 0.3) is 10.0 Å². The Hall–Kier alpha value is -2.34. The van der Waals surface area contributed by atoms with Crippen LogP contribution in [0.15, 0.2) is 59.5 Å². The number of hydrogen-bond donors (Lipinski definition) is 1. The minimum atomic E-state index is -3.87. The van der Waals surface area contributed by atoms with E-state index in [1.165, 1.54) is 13.1 Å². The number of aryl methyl sites for hydroxylation is 1. The maximum absolute atomic E-state index is 12.4. The molecule has 0 heterocycles. The van der Waals surface area contributed by atoms with E-state index in [4.69, 9.17) is 0 Å². The number of nitrogens with zero attached hydrogens (tertiary/aromatic N) is 1. The Balaban J connectivity index is 2.25. The van der Waals surface area contributed by atoms with Gasteiger partial charge >= 0.3 is 6.03 Å². The number of sulfonamides is 1. The molecule has 0 saturated carbocycles. The van der Waals surface area contributed by atoms with Gasteiger partial charge in [0, 0.05) is 12.7 Å². The van der Waals surface area contributed by atoms with Crippen molar-refractivity contribution >= 4 is 21.7 Å². The van der Waals surface area contributed by atoms with E-state index < -0.39 is 16.1 Å². The van der Waals surface area contributed by atoms with E-state index >= 15 is 0 Å². The molecule has 2 aromatic carbocycles. The summed E-state index contributed by atoms with van der Waals surface area (Å²) in [6, 6.07) is 14.5. The number of carbonyl (C=O) groups excluding carboxylic acids is 1. The highest BCUT2D eigenvalue weighted by molar-refractivity contribution is 7.89. The van der Waals surface area contributed by atoms with Crippen LogP contribution in [0.25, 0.3) is 0 Å². The van der Waals surface area contributed by atoms with Crippen molar-refractivity contribution in [1.82, 2.24) is 4.31 Å². The average molecular weight is 304 g/mol. The number of urea groups is 1. The summed E-state index contributed by atoms with van der Waals surface area (Å²) < 4.78 is 25.6. The van der Waals surface area contributed by atoms with E-state index in [0.29, 0.717) is 15.6 Å². The molecule has 1 N–H and O–H groups in total. The highest BCUT2D eigenvalue weighted by Crippen LogP contribution is 2.19. The summed E-state index contributed by atoms with van der Waals surface area (Å²) in [6.45, 7) is 1.69. The van der Waals surface area contributed by atoms with Crippen LogP contribution in [-0.2, 0) is 10.0 Å². The molecule has 21 heavy (non-hydrogen) atoms. The summed E-state index contributed by atoms with van der Waals surface area (Å²) in [7, 11) is -2.63. The number of benzene rings is 2. The largest absolute Gasteiger partial charge is 0.335 e. The Morgan fingerprint density at radius 1 is 1.00 bits per heavy atom. The van der Waals surface area contributed by atoms with Crippen LogP contribution >= 0.6 is 0 Å². The second-order valence-electron chi connectivity index (χ2n) is 4.53. The number of rotatable bonds is 3. The van der Waals surface area contributed by atoms with Crippen molar-refractivity contribution in [2.24, 2.45) is 0 Å². The first-order valence-electron chi connectivity index (χ1n) is 6.33. The molecule has 0 aliphatic carbocycles. The van der Waals surface area contributed by atoms with Crippen LogP contribution in [0, 0.1) is 6.92 Å². The Bertz CT molecular complexity index is 743. The smallest absolute Gasteiger partial charge is 0.307 e. The molecular weight excluding hydrogens is 288 g/mol. The number of amides is 2. The summed E-state index contributed by atoms with van der Waals surface area (Å²) in [5.74, 6) is 0. The molecule has 2 rings (SSSR count). The SMILES string of the molecule is Cc1ccccc1S(=O)(=O)N(C)C(=O)Nc1ccccc1. The van der Waals surface area contributed by atoms with E-state index in [1.807, 2.05) is 6.07 Å². The van der Waals surface area contributed by atoms with Crippen LogP contribution in [-0.4, -0.2) is 25.8 Å². The highest BCUT2D eigenvalue weighted by atomic mass is 32.2. The molecule has 0 fully saturated rings. The van der Waals surface area contributed by atoms with Gasteiger partial charge in [-0.05, 0) is 30.7 Å². The molecule has 0 aliphatic rings.